The first kappa shape index (κ1) is 16.4. The first-order valence-corrected chi connectivity index (χ1v) is 9.06. The molecule has 2 aliphatic heterocycles. The molecular formula is C19H20F3NO3. The number of amides is 1. The number of rotatable bonds is 1. The number of hydrogen-bond acceptors (Lipinski definition) is 3. The van der Waals surface area contributed by atoms with Gasteiger partial charge >= 0.3 is 12.1 Å². The van der Waals surface area contributed by atoms with Crippen LogP contribution in [0.3, 0.4) is 0 Å². The fourth-order valence-corrected chi connectivity index (χ4v) is 5.97. The molecule has 7 heteroatoms. The Bertz CT molecular complexity index is 795. The highest BCUT2D eigenvalue weighted by Gasteiger charge is 2.78. The molecule has 1 amide bonds. The lowest BCUT2D eigenvalue weighted by atomic mass is 9.52. The van der Waals surface area contributed by atoms with Gasteiger partial charge in [0.1, 0.15) is 11.4 Å². The van der Waals surface area contributed by atoms with E-state index in [2.05, 4.69) is 0 Å². The molecule has 0 aromatic heterocycles. The number of benzene rings is 1. The zero-order chi connectivity index (χ0) is 18.3. The van der Waals surface area contributed by atoms with Crippen molar-refractivity contribution in [3.05, 3.63) is 29.3 Å². The second-order valence-electron chi connectivity index (χ2n) is 7.86. The summed E-state index contributed by atoms with van der Waals surface area (Å²) in [7, 11) is 1.61. The zero-order valence-corrected chi connectivity index (χ0v) is 14.4. The molecule has 2 saturated heterocycles. The van der Waals surface area contributed by atoms with Crippen LogP contribution < -0.4 is 4.74 Å². The first-order chi connectivity index (χ1) is 12.3. The Labute approximate surface area is 149 Å². The summed E-state index contributed by atoms with van der Waals surface area (Å²) in [5.41, 5.74) is 1.18. The summed E-state index contributed by atoms with van der Waals surface area (Å²) < 4.78 is 51.0. The number of carbonyl (C=O) groups is 1. The van der Waals surface area contributed by atoms with Crippen LogP contribution in [0.1, 0.15) is 36.8 Å². The molecule has 2 aliphatic carbocycles. The Morgan fingerprint density at radius 2 is 2.15 bits per heavy atom. The van der Waals surface area contributed by atoms with Crippen molar-refractivity contribution in [2.24, 2.45) is 0 Å². The van der Waals surface area contributed by atoms with E-state index in [0.29, 0.717) is 12.8 Å². The lowest BCUT2D eigenvalue weighted by Gasteiger charge is -2.57. The van der Waals surface area contributed by atoms with Gasteiger partial charge in [-0.05, 0) is 55.4 Å². The molecule has 4 atom stereocenters. The van der Waals surface area contributed by atoms with Crippen molar-refractivity contribution in [1.29, 1.82) is 0 Å². The van der Waals surface area contributed by atoms with E-state index in [0.717, 1.165) is 41.0 Å². The summed E-state index contributed by atoms with van der Waals surface area (Å²) in [4.78, 5) is 13.1. The van der Waals surface area contributed by atoms with Crippen molar-refractivity contribution >= 4 is 5.91 Å². The Kier molecular flexibility index (Phi) is 3.12. The van der Waals surface area contributed by atoms with Crippen LogP contribution in [0.15, 0.2) is 18.2 Å². The van der Waals surface area contributed by atoms with Gasteiger partial charge < -0.3 is 14.4 Å². The summed E-state index contributed by atoms with van der Waals surface area (Å²) in [6.07, 6.45) is -1.27. The molecule has 140 valence electrons. The first-order valence-electron chi connectivity index (χ1n) is 9.06. The highest BCUT2D eigenvalue weighted by molar-refractivity contribution is 5.83. The van der Waals surface area contributed by atoms with E-state index in [1.54, 1.807) is 7.11 Å². The van der Waals surface area contributed by atoms with E-state index in [-0.39, 0.29) is 18.1 Å². The molecule has 1 spiro atoms. The van der Waals surface area contributed by atoms with Crippen LogP contribution >= 0.6 is 0 Å². The fraction of sp³-hybridized carbons (Fsp3) is 0.632. The molecular weight excluding hydrogens is 347 g/mol. The average molecular weight is 367 g/mol. The molecule has 5 rings (SSSR count). The summed E-state index contributed by atoms with van der Waals surface area (Å²) in [5, 5.41) is 0. The molecule has 0 N–H and O–H groups in total. The fourth-order valence-electron chi connectivity index (χ4n) is 5.97. The maximum atomic E-state index is 13.2. The van der Waals surface area contributed by atoms with E-state index < -0.39 is 23.7 Å². The number of alkyl halides is 3. The molecule has 1 unspecified atom stereocenters. The molecule has 3 fully saturated rings. The van der Waals surface area contributed by atoms with Gasteiger partial charge in [0, 0.05) is 12.0 Å². The third-order valence-corrected chi connectivity index (χ3v) is 6.98. The molecule has 26 heavy (non-hydrogen) atoms. The van der Waals surface area contributed by atoms with Crippen molar-refractivity contribution in [1.82, 2.24) is 4.90 Å². The third-order valence-electron chi connectivity index (χ3n) is 6.98. The van der Waals surface area contributed by atoms with Gasteiger partial charge in [-0.3, -0.25) is 4.79 Å². The van der Waals surface area contributed by atoms with Gasteiger partial charge in [-0.1, -0.05) is 6.07 Å². The number of epoxide rings is 1. The summed E-state index contributed by atoms with van der Waals surface area (Å²) in [6.45, 7) is 0.123. The quantitative estimate of drug-likeness (QED) is 0.717. The zero-order valence-electron chi connectivity index (χ0n) is 14.4. The number of ether oxygens (including phenoxy) is 2. The SMILES string of the molecule is COc1ccc2c(c1)[C@@]13CCCC4O[C@@]41[C@@H](C2)N(C(=O)C(F)(F)F)CC3. The second kappa shape index (κ2) is 4.94. The summed E-state index contributed by atoms with van der Waals surface area (Å²) >= 11 is 0. The molecule has 1 saturated carbocycles. The van der Waals surface area contributed by atoms with Gasteiger partial charge in [0.05, 0.1) is 19.3 Å². The molecule has 0 radical (unpaired) electrons. The predicted octanol–water partition coefficient (Wildman–Crippen LogP) is 2.97. The van der Waals surface area contributed by atoms with E-state index in [1.165, 1.54) is 0 Å². The van der Waals surface area contributed by atoms with Gasteiger partial charge in [0.25, 0.3) is 0 Å². The lowest BCUT2D eigenvalue weighted by molar-refractivity contribution is -0.193. The van der Waals surface area contributed by atoms with E-state index >= 15 is 0 Å². The molecule has 2 heterocycles. The number of piperidine rings is 1. The van der Waals surface area contributed by atoms with Crippen molar-refractivity contribution < 1.29 is 27.4 Å². The van der Waals surface area contributed by atoms with Crippen LogP contribution in [0.5, 0.6) is 5.75 Å². The monoisotopic (exact) mass is 367 g/mol. The van der Waals surface area contributed by atoms with Gasteiger partial charge in [-0.15, -0.1) is 0 Å². The van der Waals surface area contributed by atoms with Crippen molar-refractivity contribution in [2.45, 2.75) is 61.4 Å². The molecule has 2 bridgehead atoms. The van der Waals surface area contributed by atoms with E-state index in [4.69, 9.17) is 9.47 Å². The Balaban J connectivity index is 1.66. The maximum Gasteiger partial charge on any atom is 0.471 e. The number of halogens is 3. The van der Waals surface area contributed by atoms with Gasteiger partial charge in [-0.2, -0.15) is 13.2 Å². The molecule has 4 aliphatic rings. The molecule has 1 aromatic rings. The van der Waals surface area contributed by atoms with E-state index in [1.807, 2.05) is 18.2 Å². The van der Waals surface area contributed by atoms with Crippen LogP contribution in [0.4, 0.5) is 13.2 Å². The third kappa shape index (κ3) is 1.82. The normalized spacial score (nSPS) is 37.3. The van der Waals surface area contributed by atoms with Crippen molar-refractivity contribution in [3.63, 3.8) is 0 Å². The number of methoxy groups -OCH3 is 1. The van der Waals surface area contributed by atoms with Crippen LogP contribution in [-0.2, 0) is 21.4 Å². The molecule has 4 nitrogen and oxygen atoms in total. The van der Waals surface area contributed by atoms with Gasteiger partial charge in [0.15, 0.2) is 0 Å². The standard InChI is InChI=1S/C19H20F3NO3/c1-25-12-5-4-11-9-14-18-15(26-18)3-2-6-17(18,13(11)10-12)7-8-23(14)16(24)19(20,21)22/h4-5,10,14-15H,2-3,6-9H2,1H3/t14-,15?,17+,18+/m1/s1. The number of carbonyl (C=O) groups excluding carboxylic acids is 1. The Morgan fingerprint density at radius 3 is 2.88 bits per heavy atom. The van der Waals surface area contributed by atoms with Crippen LogP contribution in [-0.4, -0.2) is 48.4 Å². The predicted molar refractivity (Wildman–Crippen MR) is 86.0 cm³/mol. The summed E-state index contributed by atoms with van der Waals surface area (Å²) in [6, 6.07) is 5.26. The van der Waals surface area contributed by atoms with Crippen molar-refractivity contribution in [2.75, 3.05) is 13.7 Å². The minimum Gasteiger partial charge on any atom is -0.497 e. The van der Waals surface area contributed by atoms with Crippen molar-refractivity contribution in [3.8, 4) is 5.75 Å². The second-order valence-corrected chi connectivity index (χ2v) is 7.86. The Morgan fingerprint density at radius 1 is 1.35 bits per heavy atom. The highest BCUT2D eigenvalue weighted by Crippen LogP contribution is 2.68. The lowest BCUT2D eigenvalue weighted by Crippen LogP contribution is -2.69. The number of hydrogen-bond donors (Lipinski definition) is 0. The number of likely N-dealkylation sites (tertiary alicyclic amines) is 1. The highest BCUT2D eigenvalue weighted by atomic mass is 19.4. The van der Waals surface area contributed by atoms with Gasteiger partial charge in [0.2, 0.25) is 0 Å². The minimum absolute atomic E-state index is 0.0514. The van der Waals surface area contributed by atoms with Crippen LogP contribution in [0.2, 0.25) is 0 Å². The average Bonchev–Trinajstić information content (AvgIpc) is 3.34. The van der Waals surface area contributed by atoms with Crippen LogP contribution in [0.25, 0.3) is 0 Å². The molecule has 1 aromatic carbocycles. The topological polar surface area (TPSA) is 42.1 Å². The maximum absolute atomic E-state index is 13.2. The van der Waals surface area contributed by atoms with E-state index in [9.17, 15) is 18.0 Å². The Hall–Kier alpha value is -1.76. The number of nitrogens with zero attached hydrogens (tertiary/aromatic N) is 1. The number of fused-ring (bicyclic) bond motifs is 1. The minimum atomic E-state index is -4.85. The largest absolute Gasteiger partial charge is 0.497 e. The van der Waals surface area contributed by atoms with Crippen LogP contribution in [0, 0.1) is 0 Å². The van der Waals surface area contributed by atoms with Gasteiger partial charge in [-0.25, -0.2) is 0 Å². The smallest absolute Gasteiger partial charge is 0.471 e. The summed E-state index contributed by atoms with van der Waals surface area (Å²) in [5.74, 6) is -0.981.